The van der Waals surface area contributed by atoms with E-state index in [1.807, 2.05) is 0 Å². The molecule has 18 heavy (non-hydrogen) atoms. The Hall–Kier alpha value is -1.18. The van der Waals surface area contributed by atoms with Crippen molar-refractivity contribution in [3.05, 3.63) is 0 Å². The second-order valence-corrected chi connectivity index (χ2v) is 5.00. The molecule has 0 bridgehead atoms. The Morgan fingerprint density at radius 3 is 2.61 bits per heavy atom. The van der Waals surface area contributed by atoms with E-state index in [0.717, 1.165) is 0 Å². The smallest absolute Gasteiger partial charge is 0.336 e. The Bertz CT molecular complexity index is 330. The summed E-state index contributed by atoms with van der Waals surface area (Å²) in [6.45, 7) is 2.86. The van der Waals surface area contributed by atoms with Crippen LogP contribution in [0.4, 0.5) is 0 Å². The van der Waals surface area contributed by atoms with Gasteiger partial charge in [0.1, 0.15) is 6.04 Å². The van der Waals surface area contributed by atoms with Gasteiger partial charge in [0.15, 0.2) is 5.60 Å². The molecular formula is C11H21N3O4. The fourth-order valence-electron chi connectivity index (χ4n) is 1.94. The summed E-state index contributed by atoms with van der Waals surface area (Å²) in [7, 11) is 3.31. The van der Waals surface area contributed by atoms with E-state index in [1.165, 1.54) is 11.8 Å². The zero-order valence-electron chi connectivity index (χ0n) is 11.0. The van der Waals surface area contributed by atoms with Crippen LogP contribution in [0.25, 0.3) is 0 Å². The molecule has 0 aromatic heterocycles. The topological polar surface area (TPSA) is 93.1 Å². The van der Waals surface area contributed by atoms with E-state index < -0.39 is 17.6 Å². The van der Waals surface area contributed by atoms with Crippen LogP contribution in [0, 0.1) is 0 Å². The van der Waals surface area contributed by atoms with E-state index >= 15 is 0 Å². The van der Waals surface area contributed by atoms with Gasteiger partial charge < -0.3 is 20.4 Å². The van der Waals surface area contributed by atoms with Crippen molar-refractivity contribution >= 4 is 11.9 Å². The van der Waals surface area contributed by atoms with Crippen LogP contribution in [0.15, 0.2) is 0 Å². The number of nitrogens with zero attached hydrogens (tertiary/aromatic N) is 2. The summed E-state index contributed by atoms with van der Waals surface area (Å²) in [5, 5.41) is 21.8. The third-order valence-electron chi connectivity index (χ3n) is 3.05. The van der Waals surface area contributed by atoms with Gasteiger partial charge in [-0.3, -0.25) is 9.69 Å². The number of hydrogen-bond donors (Lipinski definition) is 3. The van der Waals surface area contributed by atoms with Gasteiger partial charge >= 0.3 is 5.97 Å². The number of rotatable bonds is 4. The first-order valence-electron chi connectivity index (χ1n) is 5.87. The second kappa shape index (κ2) is 5.64. The molecule has 104 valence electrons. The van der Waals surface area contributed by atoms with Crippen LogP contribution in [0.3, 0.4) is 0 Å². The molecular weight excluding hydrogens is 238 g/mol. The van der Waals surface area contributed by atoms with Crippen molar-refractivity contribution in [1.29, 1.82) is 0 Å². The molecule has 0 aliphatic carbocycles. The Kier molecular flexibility index (Phi) is 4.66. The molecule has 7 heteroatoms. The van der Waals surface area contributed by atoms with Crippen LogP contribution in [0.5, 0.6) is 0 Å². The summed E-state index contributed by atoms with van der Waals surface area (Å²) >= 11 is 0. The third kappa shape index (κ3) is 3.41. The highest BCUT2D eigenvalue weighted by Gasteiger charge is 2.38. The zero-order chi connectivity index (χ0) is 13.9. The quantitative estimate of drug-likeness (QED) is 0.551. The van der Waals surface area contributed by atoms with E-state index in [0.29, 0.717) is 19.6 Å². The molecule has 3 N–H and O–H groups in total. The predicted octanol–water partition coefficient (Wildman–Crippen LogP) is -1.82. The van der Waals surface area contributed by atoms with Crippen molar-refractivity contribution < 1.29 is 19.8 Å². The van der Waals surface area contributed by atoms with Gasteiger partial charge in [-0.15, -0.1) is 0 Å². The molecule has 1 aliphatic heterocycles. The summed E-state index contributed by atoms with van der Waals surface area (Å²) in [5.74, 6) is -1.37. The Balaban J connectivity index is 2.77. The summed E-state index contributed by atoms with van der Waals surface area (Å²) in [5.41, 5.74) is -1.85. The molecule has 0 radical (unpaired) electrons. The molecule has 1 rings (SSSR count). The molecule has 0 aromatic rings. The van der Waals surface area contributed by atoms with E-state index in [1.54, 1.807) is 19.0 Å². The normalized spacial score (nSPS) is 24.3. The average Bonchev–Trinajstić information content (AvgIpc) is 2.28. The largest absolute Gasteiger partial charge is 0.479 e. The van der Waals surface area contributed by atoms with Crippen molar-refractivity contribution in [3.8, 4) is 0 Å². The number of piperazine rings is 1. The van der Waals surface area contributed by atoms with Gasteiger partial charge in [-0.2, -0.15) is 0 Å². The zero-order valence-corrected chi connectivity index (χ0v) is 11.0. The van der Waals surface area contributed by atoms with Crippen LogP contribution in [-0.4, -0.2) is 83.8 Å². The number of nitrogens with one attached hydrogen (secondary N) is 1. The van der Waals surface area contributed by atoms with Crippen LogP contribution < -0.4 is 5.32 Å². The number of carboxylic acids is 1. The molecule has 2 unspecified atom stereocenters. The predicted molar refractivity (Wildman–Crippen MR) is 65.2 cm³/mol. The molecule has 0 spiro atoms. The number of likely N-dealkylation sites (N-methyl/N-ethyl adjacent to an activating group) is 1. The van der Waals surface area contributed by atoms with Crippen molar-refractivity contribution in [3.63, 3.8) is 0 Å². The first-order chi connectivity index (χ1) is 8.25. The summed E-state index contributed by atoms with van der Waals surface area (Å²) in [4.78, 5) is 26.1. The lowest BCUT2D eigenvalue weighted by molar-refractivity contribution is -0.160. The lowest BCUT2D eigenvalue weighted by Gasteiger charge is -2.38. The van der Waals surface area contributed by atoms with Crippen molar-refractivity contribution in [2.75, 3.05) is 40.3 Å². The number of carbonyl (C=O) groups excluding carboxylic acids is 1. The first kappa shape index (κ1) is 14.9. The first-order valence-corrected chi connectivity index (χ1v) is 5.87. The van der Waals surface area contributed by atoms with Crippen molar-refractivity contribution in [2.45, 2.75) is 18.6 Å². The standard InChI is InChI=1S/C11H21N3O4/c1-11(18,10(16)17)7-14-5-4-12-6-8(14)9(15)13(2)3/h8,12,18H,4-7H2,1-3H3,(H,16,17). The van der Waals surface area contributed by atoms with Crippen LogP contribution in [0.2, 0.25) is 0 Å². The highest BCUT2D eigenvalue weighted by atomic mass is 16.4. The van der Waals surface area contributed by atoms with E-state index in [2.05, 4.69) is 5.32 Å². The second-order valence-electron chi connectivity index (χ2n) is 5.00. The summed E-state index contributed by atoms with van der Waals surface area (Å²) in [6.07, 6.45) is 0. The van der Waals surface area contributed by atoms with Gasteiger partial charge in [0, 0.05) is 40.3 Å². The molecule has 1 saturated heterocycles. The minimum Gasteiger partial charge on any atom is -0.479 e. The highest BCUT2D eigenvalue weighted by Crippen LogP contribution is 2.13. The van der Waals surface area contributed by atoms with E-state index in [9.17, 15) is 14.7 Å². The Morgan fingerprint density at radius 1 is 1.50 bits per heavy atom. The minimum atomic E-state index is -1.85. The Labute approximate surface area is 106 Å². The van der Waals surface area contributed by atoms with Gasteiger partial charge in [-0.1, -0.05) is 0 Å². The minimum absolute atomic E-state index is 0.0612. The van der Waals surface area contributed by atoms with Gasteiger partial charge in [-0.05, 0) is 6.92 Å². The molecule has 1 fully saturated rings. The average molecular weight is 259 g/mol. The van der Waals surface area contributed by atoms with Crippen LogP contribution in [0.1, 0.15) is 6.92 Å². The number of aliphatic carboxylic acids is 1. The molecule has 0 aromatic carbocycles. The monoisotopic (exact) mass is 259 g/mol. The lowest BCUT2D eigenvalue weighted by Crippen LogP contribution is -2.61. The molecule has 7 nitrogen and oxygen atoms in total. The molecule has 1 heterocycles. The fraction of sp³-hybridized carbons (Fsp3) is 0.818. The maximum atomic E-state index is 12.0. The maximum Gasteiger partial charge on any atom is 0.336 e. The Morgan fingerprint density at radius 2 is 2.11 bits per heavy atom. The highest BCUT2D eigenvalue weighted by molar-refractivity contribution is 5.82. The number of carbonyl (C=O) groups is 2. The van der Waals surface area contributed by atoms with Gasteiger partial charge in [0.2, 0.25) is 5.91 Å². The number of carboxylic acid groups (broad SMARTS) is 1. The van der Waals surface area contributed by atoms with Crippen LogP contribution in [-0.2, 0) is 9.59 Å². The SMILES string of the molecule is CN(C)C(=O)C1CNCCN1CC(C)(O)C(=O)O. The summed E-state index contributed by atoms with van der Waals surface area (Å²) < 4.78 is 0. The summed E-state index contributed by atoms with van der Waals surface area (Å²) in [6, 6.07) is -0.431. The van der Waals surface area contributed by atoms with Gasteiger partial charge in [0.05, 0.1) is 0 Å². The van der Waals surface area contributed by atoms with Crippen molar-refractivity contribution in [2.24, 2.45) is 0 Å². The number of hydrogen-bond acceptors (Lipinski definition) is 5. The number of aliphatic hydroxyl groups is 1. The van der Waals surface area contributed by atoms with E-state index in [4.69, 9.17) is 5.11 Å². The fourth-order valence-corrected chi connectivity index (χ4v) is 1.94. The number of amides is 1. The molecule has 2 atom stereocenters. The molecule has 1 aliphatic rings. The maximum absolute atomic E-state index is 12.0. The number of β-amino-alcohol motifs (C(OH)–C–C–N with tert-alkyl or cyclic N) is 1. The van der Waals surface area contributed by atoms with Gasteiger partial charge in [0.25, 0.3) is 0 Å². The van der Waals surface area contributed by atoms with E-state index in [-0.39, 0.29) is 12.5 Å². The van der Waals surface area contributed by atoms with Crippen molar-refractivity contribution in [1.82, 2.24) is 15.1 Å². The van der Waals surface area contributed by atoms with Gasteiger partial charge in [-0.25, -0.2) is 4.79 Å². The van der Waals surface area contributed by atoms with Crippen LogP contribution >= 0.6 is 0 Å². The molecule has 1 amide bonds. The molecule has 0 saturated carbocycles. The third-order valence-corrected chi connectivity index (χ3v) is 3.05. The lowest BCUT2D eigenvalue weighted by atomic mass is 10.0.